The fourth-order valence-corrected chi connectivity index (χ4v) is 4.14. The van der Waals surface area contributed by atoms with Crippen LogP contribution in [0.3, 0.4) is 0 Å². The quantitative estimate of drug-likeness (QED) is 0.497. The number of nitrogens with one attached hydrogen (secondary N) is 1. The Morgan fingerprint density at radius 3 is 2.57 bits per heavy atom. The molecule has 2 aromatic carbocycles. The number of carbonyl (C=O) groups is 1. The van der Waals surface area contributed by atoms with Crippen molar-refractivity contribution < 1.29 is 4.79 Å². The van der Waals surface area contributed by atoms with Crippen LogP contribution in [0.25, 0.3) is 16.0 Å². The van der Waals surface area contributed by atoms with Crippen LogP contribution in [0.15, 0.2) is 59.4 Å². The first kappa shape index (κ1) is 18.5. The van der Waals surface area contributed by atoms with Gasteiger partial charge in [-0.1, -0.05) is 41.4 Å². The predicted molar refractivity (Wildman–Crippen MR) is 114 cm³/mol. The average molecular weight is 431 g/mol. The van der Waals surface area contributed by atoms with Crippen LogP contribution < -0.4 is 16.6 Å². The Kier molecular flexibility index (Phi) is 4.80. The van der Waals surface area contributed by atoms with Crippen molar-refractivity contribution in [3.63, 3.8) is 0 Å². The standard InChI is InChI=1S/C19H12Cl2N4O2S/c20-10-6-7-13(12(21)8-10)25-14-9-15(28-18(14)24-16(22)19(25)27)17(26)23-11-4-2-1-3-5-11/h1-9H,(H2,22,24)(H,23,26). The van der Waals surface area contributed by atoms with Gasteiger partial charge in [-0.15, -0.1) is 11.3 Å². The van der Waals surface area contributed by atoms with E-state index in [-0.39, 0.29) is 16.7 Å². The number of nitrogens with two attached hydrogens (primary N) is 1. The summed E-state index contributed by atoms with van der Waals surface area (Å²) in [7, 11) is 0. The van der Waals surface area contributed by atoms with E-state index in [0.29, 0.717) is 31.6 Å². The fraction of sp³-hybridized carbons (Fsp3) is 0. The first-order valence-corrected chi connectivity index (χ1v) is 9.65. The number of fused-ring (bicyclic) bond motifs is 1. The molecule has 9 heteroatoms. The van der Waals surface area contributed by atoms with Gasteiger partial charge in [0.1, 0.15) is 4.83 Å². The summed E-state index contributed by atoms with van der Waals surface area (Å²) in [5, 5.41) is 3.53. The number of thiophene rings is 1. The highest BCUT2D eigenvalue weighted by molar-refractivity contribution is 7.20. The van der Waals surface area contributed by atoms with Crippen LogP contribution in [0, 0.1) is 0 Å². The zero-order valence-corrected chi connectivity index (χ0v) is 16.5. The van der Waals surface area contributed by atoms with Crippen molar-refractivity contribution in [2.45, 2.75) is 0 Å². The van der Waals surface area contributed by atoms with Crippen LogP contribution >= 0.6 is 34.5 Å². The molecule has 28 heavy (non-hydrogen) atoms. The normalized spacial score (nSPS) is 10.9. The second kappa shape index (κ2) is 7.27. The van der Waals surface area contributed by atoms with Crippen molar-refractivity contribution in [2.24, 2.45) is 0 Å². The molecule has 0 unspecified atom stereocenters. The number of carbonyl (C=O) groups excluding carboxylic acids is 1. The van der Waals surface area contributed by atoms with Gasteiger partial charge in [-0.2, -0.15) is 0 Å². The zero-order valence-electron chi connectivity index (χ0n) is 14.1. The molecule has 0 saturated carbocycles. The minimum atomic E-state index is -0.524. The van der Waals surface area contributed by atoms with Crippen LogP contribution in [0.4, 0.5) is 11.5 Å². The van der Waals surface area contributed by atoms with E-state index < -0.39 is 5.56 Å². The van der Waals surface area contributed by atoms with Gasteiger partial charge >= 0.3 is 0 Å². The highest BCUT2D eigenvalue weighted by Gasteiger charge is 2.19. The summed E-state index contributed by atoms with van der Waals surface area (Å²) in [6, 6.07) is 15.4. The van der Waals surface area contributed by atoms with Crippen molar-refractivity contribution in [1.82, 2.24) is 9.55 Å². The Hall–Kier alpha value is -2.87. The molecule has 1 amide bonds. The first-order valence-electron chi connectivity index (χ1n) is 8.08. The van der Waals surface area contributed by atoms with Crippen LogP contribution in [0.1, 0.15) is 9.67 Å². The summed E-state index contributed by atoms with van der Waals surface area (Å²) in [6.07, 6.45) is 0. The maximum Gasteiger partial charge on any atom is 0.298 e. The average Bonchev–Trinajstić information content (AvgIpc) is 3.08. The van der Waals surface area contributed by atoms with Crippen LogP contribution in [-0.4, -0.2) is 15.5 Å². The van der Waals surface area contributed by atoms with Gasteiger partial charge in [-0.05, 0) is 36.4 Å². The molecule has 0 aliphatic rings. The molecule has 0 aliphatic carbocycles. The Bertz CT molecular complexity index is 1270. The van der Waals surface area contributed by atoms with Crippen LogP contribution in [0.5, 0.6) is 0 Å². The van der Waals surface area contributed by atoms with Crippen molar-refractivity contribution in [3.05, 3.63) is 79.9 Å². The van der Waals surface area contributed by atoms with Gasteiger partial charge in [0.25, 0.3) is 11.5 Å². The van der Waals surface area contributed by atoms with Gasteiger partial charge in [-0.3, -0.25) is 14.2 Å². The molecule has 0 bridgehead atoms. The molecule has 0 spiro atoms. The lowest BCUT2D eigenvalue weighted by atomic mass is 10.3. The van der Waals surface area contributed by atoms with Gasteiger partial charge in [0.05, 0.1) is 21.1 Å². The molecular formula is C19H12Cl2N4O2S. The molecule has 6 nitrogen and oxygen atoms in total. The van der Waals surface area contributed by atoms with Gasteiger partial charge in [0.2, 0.25) is 0 Å². The van der Waals surface area contributed by atoms with Crippen molar-refractivity contribution in [3.8, 4) is 5.69 Å². The number of hydrogen-bond acceptors (Lipinski definition) is 5. The number of nitrogens with zero attached hydrogens (tertiary/aromatic N) is 2. The molecule has 2 heterocycles. The van der Waals surface area contributed by atoms with E-state index in [9.17, 15) is 9.59 Å². The monoisotopic (exact) mass is 430 g/mol. The summed E-state index contributed by atoms with van der Waals surface area (Å²) < 4.78 is 1.34. The molecule has 140 valence electrons. The Labute approximate surface area is 173 Å². The van der Waals surface area contributed by atoms with Gasteiger partial charge in [-0.25, -0.2) is 4.98 Å². The lowest BCUT2D eigenvalue weighted by molar-refractivity contribution is 0.103. The Morgan fingerprint density at radius 1 is 1.11 bits per heavy atom. The Balaban J connectivity index is 1.86. The number of rotatable bonds is 3. The maximum absolute atomic E-state index is 12.7. The molecule has 4 rings (SSSR count). The minimum Gasteiger partial charge on any atom is -0.379 e. The Morgan fingerprint density at radius 2 is 1.86 bits per heavy atom. The highest BCUT2D eigenvalue weighted by atomic mass is 35.5. The lowest BCUT2D eigenvalue weighted by Gasteiger charge is -2.10. The van der Waals surface area contributed by atoms with Crippen LogP contribution in [0.2, 0.25) is 10.0 Å². The number of anilines is 2. The van der Waals surface area contributed by atoms with E-state index in [4.69, 9.17) is 28.9 Å². The molecule has 4 aromatic rings. The third-order valence-corrected chi connectivity index (χ3v) is 5.54. The summed E-state index contributed by atoms with van der Waals surface area (Å²) >= 11 is 13.4. The topological polar surface area (TPSA) is 90.0 Å². The summed E-state index contributed by atoms with van der Waals surface area (Å²) in [4.78, 5) is 30.3. The van der Waals surface area contributed by atoms with Crippen molar-refractivity contribution >= 4 is 62.3 Å². The largest absolute Gasteiger partial charge is 0.379 e. The molecule has 2 aromatic heterocycles. The van der Waals surface area contributed by atoms with E-state index in [1.807, 2.05) is 18.2 Å². The third-order valence-electron chi connectivity index (χ3n) is 3.98. The van der Waals surface area contributed by atoms with E-state index in [2.05, 4.69) is 10.3 Å². The maximum atomic E-state index is 12.7. The number of hydrogen-bond donors (Lipinski definition) is 2. The second-order valence-corrected chi connectivity index (χ2v) is 7.73. The van der Waals surface area contributed by atoms with E-state index in [0.717, 1.165) is 11.3 Å². The number of aromatic nitrogens is 2. The van der Waals surface area contributed by atoms with Gasteiger partial charge < -0.3 is 11.1 Å². The van der Waals surface area contributed by atoms with E-state index in [1.54, 1.807) is 30.3 Å². The third kappa shape index (κ3) is 3.35. The first-order chi connectivity index (χ1) is 13.4. The molecular weight excluding hydrogens is 419 g/mol. The number of para-hydroxylation sites is 1. The SMILES string of the molecule is Nc1nc2sc(C(=O)Nc3ccccc3)cc2n(-c2ccc(Cl)cc2Cl)c1=O. The van der Waals surface area contributed by atoms with Crippen molar-refractivity contribution in [1.29, 1.82) is 0 Å². The fourth-order valence-electron chi connectivity index (χ4n) is 2.72. The van der Waals surface area contributed by atoms with E-state index >= 15 is 0 Å². The number of benzene rings is 2. The second-order valence-electron chi connectivity index (χ2n) is 5.85. The van der Waals surface area contributed by atoms with Crippen LogP contribution in [-0.2, 0) is 0 Å². The van der Waals surface area contributed by atoms with E-state index in [1.165, 1.54) is 10.6 Å². The molecule has 0 fully saturated rings. The highest BCUT2D eigenvalue weighted by Crippen LogP contribution is 2.30. The van der Waals surface area contributed by atoms with Crippen molar-refractivity contribution in [2.75, 3.05) is 11.1 Å². The van der Waals surface area contributed by atoms with Gasteiger partial charge in [0, 0.05) is 10.7 Å². The predicted octanol–water partition coefficient (Wildman–Crippen LogP) is 4.59. The smallest absolute Gasteiger partial charge is 0.298 e. The minimum absolute atomic E-state index is 0.185. The number of amides is 1. The number of nitrogen functional groups attached to an aromatic ring is 1. The lowest BCUT2D eigenvalue weighted by Crippen LogP contribution is -2.23. The molecule has 0 radical (unpaired) electrons. The summed E-state index contributed by atoms with van der Waals surface area (Å²) in [5.74, 6) is -0.496. The van der Waals surface area contributed by atoms with Gasteiger partial charge in [0.15, 0.2) is 5.82 Å². The number of halogens is 2. The summed E-state index contributed by atoms with van der Waals surface area (Å²) in [5.41, 5.74) is 6.79. The molecule has 0 aliphatic heterocycles. The molecule has 0 saturated heterocycles. The molecule has 0 atom stereocenters. The summed E-state index contributed by atoms with van der Waals surface area (Å²) in [6.45, 7) is 0. The zero-order chi connectivity index (χ0) is 19.8. The molecule has 3 N–H and O–H groups in total.